The molecule has 1 aliphatic rings. The zero-order valence-corrected chi connectivity index (χ0v) is 11.9. The third kappa shape index (κ3) is 2.37. The first-order valence-electron chi connectivity index (χ1n) is 5.95. The number of rotatable bonds is 2. The van der Waals surface area contributed by atoms with Crippen LogP contribution in [0.5, 0.6) is 0 Å². The second-order valence-electron chi connectivity index (χ2n) is 4.43. The summed E-state index contributed by atoms with van der Waals surface area (Å²) in [6.07, 6.45) is 0. The van der Waals surface area contributed by atoms with E-state index in [9.17, 15) is 4.79 Å². The zero-order valence-electron chi connectivity index (χ0n) is 10.3. The third-order valence-electron chi connectivity index (χ3n) is 3.05. The van der Waals surface area contributed by atoms with Crippen LogP contribution in [-0.2, 0) is 0 Å². The molecule has 2 amide bonds. The predicted molar refractivity (Wildman–Crippen MR) is 75.3 cm³/mol. The average molecular weight is 325 g/mol. The minimum atomic E-state index is -0.161. The van der Waals surface area contributed by atoms with Crippen molar-refractivity contribution < 1.29 is 9.21 Å². The first kappa shape index (κ1) is 12.3. The minimum Gasteiger partial charge on any atom is -0.423 e. The molecule has 0 aliphatic carbocycles. The van der Waals surface area contributed by atoms with Crippen LogP contribution in [0.15, 0.2) is 27.1 Å². The van der Waals surface area contributed by atoms with E-state index in [-0.39, 0.29) is 12.1 Å². The number of halogens is 1. The van der Waals surface area contributed by atoms with Gasteiger partial charge in [0, 0.05) is 24.6 Å². The van der Waals surface area contributed by atoms with Crippen LogP contribution in [0, 0.1) is 0 Å². The van der Waals surface area contributed by atoms with E-state index in [0.29, 0.717) is 19.1 Å². The molecule has 2 heterocycles. The van der Waals surface area contributed by atoms with Gasteiger partial charge >= 0.3 is 6.03 Å². The maximum atomic E-state index is 11.2. The van der Waals surface area contributed by atoms with Gasteiger partial charge in [-0.3, -0.25) is 0 Å². The average Bonchev–Trinajstić information content (AvgIpc) is 2.74. The van der Waals surface area contributed by atoms with Crippen molar-refractivity contribution in [1.82, 2.24) is 15.6 Å². The van der Waals surface area contributed by atoms with Crippen LogP contribution in [0.1, 0.15) is 0 Å². The van der Waals surface area contributed by atoms with Crippen LogP contribution in [0.4, 0.5) is 10.8 Å². The number of hydrogen-bond acceptors (Lipinski definition) is 4. The number of fused-ring (bicyclic) bond motifs is 1. The summed E-state index contributed by atoms with van der Waals surface area (Å²) >= 11 is 3.40. The van der Waals surface area contributed by atoms with E-state index >= 15 is 0 Å². The molecule has 3 rings (SSSR count). The van der Waals surface area contributed by atoms with Gasteiger partial charge in [0.05, 0.1) is 6.04 Å². The number of amides is 2. The van der Waals surface area contributed by atoms with E-state index in [1.807, 2.05) is 23.1 Å². The Morgan fingerprint density at radius 3 is 3.05 bits per heavy atom. The Bertz CT molecular complexity index is 621. The number of nitrogens with zero attached hydrogens (tertiary/aromatic N) is 2. The van der Waals surface area contributed by atoms with Crippen LogP contribution in [-0.4, -0.2) is 37.2 Å². The minimum absolute atomic E-state index is 0.140. The second kappa shape index (κ2) is 4.73. The van der Waals surface area contributed by atoms with Crippen molar-refractivity contribution in [3.8, 4) is 0 Å². The Morgan fingerprint density at radius 1 is 1.53 bits per heavy atom. The summed E-state index contributed by atoms with van der Waals surface area (Å²) in [5.74, 6) is 0. The molecule has 0 unspecified atom stereocenters. The molecule has 6 nitrogen and oxygen atoms in total. The Morgan fingerprint density at radius 2 is 2.32 bits per heavy atom. The molecule has 0 radical (unpaired) electrons. The number of carbonyl (C=O) groups is 1. The molecular weight excluding hydrogens is 312 g/mol. The molecule has 0 spiro atoms. The molecule has 0 atom stereocenters. The number of oxazole rings is 1. The van der Waals surface area contributed by atoms with Crippen LogP contribution in [0.3, 0.4) is 0 Å². The molecule has 1 aromatic carbocycles. The van der Waals surface area contributed by atoms with Gasteiger partial charge in [-0.15, -0.1) is 0 Å². The van der Waals surface area contributed by atoms with Gasteiger partial charge in [-0.2, -0.15) is 4.98 Å². The van der Waals surface area contributed by atoms with Gasteiger partial charge in [0.25, 0.3) is 6.01 Å². The number of carbonyl (C=O) groups excluding carboxylic acids is 1. The number of nitrogens with one attached hydrogen (secondary N) is 2. The van der Waals surface area contributed by atoms with E-state index < -0.39 is 0 Å². The van der Waals surface area contributed by atoms with E-state index in [1.54, 1.807) is 7.05 Å². The quantitative estimate of drug-likeness (QED) is 0.882. The molecule has 2 N–H and O–H groups in total. The highest BCUT2D eigenvalue weighted by molar-refractivity contribution is 9.10. The highest BCUT2D eigenvalue weighted by Crippen LogP contribution is 2.27. The molecule has 1 aromatic heterocycles. The summed E-state index contributed by atoms with van der Waals surface area (Å²) in [5, 5.41) is 5.37. The van der Waals surface area contributed by atoms with Gasteiger partial charge < -0.3 is 20.0 Å². The van der Waals surface area contributed by atoms with Crippen LogP contribution >= 0.6 is 15.9 Å². The number of aromatic nitrogens is 1. The van der Waals surface area contributed by atoms with Crippen molar-refractivity contribution in [3.63, 3.8) is 0 Å². The lowest BCUT2D eigenvalue weighted by atomic mass is 10.1. The predicted octanol–water partition coefficient (Wildman–Crippen LogP) is 1.71. The Labute approximate surface area is 118 Å². The van der Waals surface area contributed by atoms with E-state index in [4.69, 9.17) is 4.42 Å². The highest BCUT2D eigenvalue weighted by atomic mass is 79.9. The van der Waals surface area contributed by atoms with E-state index in [2.05, 4.69) is 31.5 Å². The van der Waals surface area contributed by atoms with Gasteiger partial charge in [-0.25, -0.2) is 4.79 Å². The second-order valence-corrected chi connectivity index (χ2v) is 5.35. The summed E-state index contributed by atoms with van der Waals surface area (Å²) in [7, 11) is 1.60. The molecule has 0 saturated carbocycles. The summed E-state index contributed by atoms with van der Waals surface area (Å²) in [4.78, 5) is 17.6. The summed E-state index contributed by atoms with van der Waals surface area (Å²) < 4.78 is 6.65. The lowest BCUT2D eigenvalue weighted by molar-refractivity contribution is 0.235. The van der Waals surface area contributed by atoms with Crippen molar-refractivity contribution >= 4 is 39.1 Å². The van der Waals surface area contributed by atoms with Gasteiger partial charge in [-0.1, -0.05) is 15.9 Å². The molecule has 1 aliphatic heterocycles. The van der Waals surface area contributed by atoms with Crippen LogP contribution in [0.25, 0.3) is 11.1 Å². The van der Waals surface area contributed by atoms with Crippen molar-refractivity contribution in [2.75, 3.05) is 25.0 Å². The molecule has 1 fully saturated rings. The summed E-state index contributed by atoms with van der Waals surface area (Å²) in [6.45, 7) is 1.42. The molecule has 0 bridgehead atoms. The molecule has 1 saturated heterocycles. The Kier molecular flexibility index (Phi) is 3.06. The summed E-state index contributed by atoms with van der Waals surface area (Å²) in [6, 6.07) is 6.30. The van der Waals surface area contributed by atoms with Gasteiger partial charge in [0.1, 0.15) is 5.52 Å². The molecule has 100 valence electrons. The van der Waals surface area contributed by atoms with Crippen molar-refractivity contribution in [1.29, 1.82) is 0 Å². The monoisotopic (exact) mass is 324 g/mol. The van der Waals surface area contributed by atoms with E-state index in [1.165, 1.54) is 0 Å². The van der Waals surface area contributed by atoms with Crippen molar-refractivity contribution in [2.45, 2.75) is 6.04 Å². The molecule has 2 aromatic rings. The largest absolute Gasteiger partial charge is 0.423 e. The fourth-order valence-corrected chi connectivity index (χ4v) is 2.36. The maximum Gasteiger partial charge on any atom is 0.314 e. The molecule has 7 heteroatoms. The van der Waals surface area contributed by atoms with Gasteiger partial charge in [0.15, 0.2) is 5.58 Å². The standard InChI is InChI=1S/C12H13BrN4O2/c1-14-11(18)15-8-5-17(6-8)12-16-9-4-7(13)2-3-10(9)19-12/h2-4,8H,5-6H2,1H3,(H2,14,15,18). The van der Waals surface area contributed by atoms with Gasteiger partial charge in [0.2, 0.25) is 0 Å². The maximum absolute atomic E-state index is 11.2. The number of hydrogen-bond donors (Lipinski definition) is 2. The fourth-order valence-electron chi connectivity index (χ4n) is 2.01. The third-order valence-corrected chi connectivity index (χ3v) is 3.55. The lowest BCUT2D eigenvalue weighted by Crippen LogP contribution is -2.60. The Balaban J connectivity index is 1.68. The van der Waals surface area contributed by atoms with Crippen molar-refractivity contribution in [2.24, 2.45) is 0 Å². The van der Waals surface area contributed by atoms with Crippen LogP contribution < -0.4 is 15.5 Å². The smallest absolute Gasteiger partial charge is 0.314 e. The number of urea groups is 1. The van der Waals surface area contributed by atoms with Gasteiger partial charge in [-0.05, 0) is 18.2 Å². The fraction of sp³-hybridized carbons (Fsp3) is 0.333. The Hall–Kier alpha value is -1.76. The first-order valence-corrected chi connectivity index (χ1v) is 6.74. The normalized spacial score (nSPS) is 15.4. The van der Waals surface area contributed by atoms with E-state index in [0.717, 1.165) is 15.6 Å². The SMILES string of the molecule is CNC(=O)NC1CN(c2nc3cc(Br)ccc3o2)C1. The van der Waals surface area contributed by atoms with Crippen LogP contribution in [0.2, 0.25) is 0 Å². The molecular formula is C12H13BrN4O2. The zero-order chi connectivity index (χ0) is 13.4. The number of benzene rings is 1. The first-order chi connectivity index (χ1) is 9.15. The number of anilines is 1. The van der Waals surface area contributed by atoms with Crippen molar-refractivity contribution in [3.05, 3.63) is 22.7 Å². The lowest BCUT2D eigenvalue weighted by Gasteiger charge is -2.38. The molecule has 19 heavy (non-hydrogen) atoms. The topological polar surface area (TPSA) is 70.4 Å². The summed E-state index contributed by atoms with van der Waals surface area (Å²) in [5.41, 5.74) is 1.59. The highest BCUT2D eigenvalue weighted by Gasteiger charge is 2.31.